The van der Waals surface area contributed by atoms with Gasteiger partial charge in [0.1, 0.15) is 0 Å². The lowest BCUT2D eigenvalue weighted by molar-refractivity contribution is 0.318. The molecule has 0 unspecified atom stereocenters. The van der Waals surface area contributed by atoms with E-state index in [0.717, 1.165) is 11.4 Å². The van der Waals surface area contributed by atoms with Crippen LogP contribution in [0.5, 0.6) is 0 Å². The monoisotopic (exact) mass is 377 g/mol. The molecule has 0 saturated carbocycles. The Hall–Kier alpha value is -3.68. The molecule has 0 radical (unpaired) electrons. The zero-order chi connectivity index (χ0) is 19.9. The largest absolute Gasteiger partial charge is 0.409 e. The number of aromatic nitrogens is 3. The van der Waals surface area contributed by atoms with Gasteiger partial charge in [0.05, 0.1) is 0 Å². The van der Waals surface area contributed by atoms with Crippen molar-refractivity contribution in [3.05, 3.63) is 66.5 Å². The first-order chi connectivity index (χ1) is 13.7. The topological polar surface area (TPSA) is 104 Å². The summed E-state index contributed by atoms with van der Waals surface area (Å²) in [6.45, 7) is 5.30. The predicted molar refractivity (Wildman–Crippen MR) is 111 cm³/mol. The number of amidine groups is 1. The molecule has 2 aromatic carbocycles. The third-order valence-corrected chi connectivity index (χ3v) is 4.20. The van der Waals surface area contributed by atoms with E-state index < -0.39 is 0 Å². The fourth-order valence-corrected chi connectivity index (χ4v) is 2.85. The van der Waals surface area contributed by atoms with Crippen LogP contribution < -0.4 is 15.5 Å². The van der Waals surface area contributed by atoms with Gasteiger partial charge in [-0.2, -0.15) is 15.0 Å². The molecule has 3 rings (SSSR count). The van der Waals surface area contributed by atoms with Crippen LogP contribution >= 0.6 is 0 Å². The maximum Gasteiger partial charge on any atom is 0.235 e. The molecule has 3 aromatic rings. The first kappa shape index (κ1) is 19.1. The normalized spacial score (nSPS) is 11.3. The number of nitrogens with two attached hydrogens (primary N) is 1. The number of hydrogen-bond donors (Lipinski definition) is 2. The SMILES string of the molecule is CCN(c1ccccc1)c1nc(/C(N)=N/O)nc(N(CC)c2ccccc2)n1. The lowest BCUT2D eigenvalue weighted by atomic mass is 10.3. The number of benzene rings is 2. The first-order valence-corrected chi connectivity index (χ1v) is 9.07. The molecule has 3 N–H and O–H groups in total. The van der Waals surface area contributed by atoms with E-state index in [0.29, 0.717) is 25.0 Å². The summed E-state index contributed by atoms with van der Waals surface area (Å²) in [6, 6.07) is 19.6. The average molecular weight is 377 g/mol. The molecule has 1 heterocycles. The Balaban J connectivity index is 2.14. The molecule has 0 aliphatic rings. The van der Waals surface area contributed by atoms with Crippen molar-refractivity contribution in [2.24, 2.45) is 10.9 Å². The predicted octanol–water partition coefficient (Wildman–Crippen LogP) is 3.28. The van der Waals surface area contributed by atoms with Crippen LogP contribution in [-0.2, 0) is 0 Å². The second-order valence-corrected chi connectivity index (χ2v) is 5.90. The van der Waals surface area contributed by atoms with Gasteiger partial charge in [-0.15, -0.1) is 0 Å². The van der Waals surface area contributed by atoms with Crippen LogP contribution in [0.25, 0.3) is 0 Å². The van der Waals surface area contributed by atoms with Crippen LogP contribution in [0.15, 0.2) is 65.8 Å². The van der Waals surface area contributed by atoms with Crippen molar-refractivity contribution >= 4 is 29.1 Å². The Bertz CT molecular complexity index is 866. The van der Waals surface area contributed by atoms with Gasteiger partial charge in [-0.1, -0.05) is 41.6 Å². The van der Waals surface area contributed by atoms with Crippen molar-refractivity contribution in [1.82, 2.24) is 15.0 Å². The van der Waals surface area contributed by atoms with Crippen molar-refractivity contribution < 1.29 is 5.21 Å². The van der Waals surface area contributed by atoms with E-state index in [1.807, 2.05) is 84.3 Å². The third kappa shape index (κ3) is 4.01. The van der Waals surface area contributed by atoms with Crippen molar-refractivity contribution in [3.63, 3.8) is 0 Å². The van der Waals surface area contributed by atoms with Gasteiger partial charge >= 0.3 is 0 Å². The molecule has 0 fully saturated rings. The molecule has 0 amide bonds. The molecule has 144 valence electrons. The molecule has 0 saturated heterocycles. The number of oxime groups is 1. The van der Waals surface area contributed by atoms with Gasteiger partial charge in [0.15, 0.2) is 0 Å². The number of hydrogen-bond acceptors (Lipinski definition) is 7. The van der Waals surface area contributed by atoms with Crippen LogP contribution in [0.2, 0.25) is 0 Å². The second kappa shape index (κ2) is 8.81. The Morgan fingerprint density at radius 1 is 0.821 bits per heavy atom. The quantitative estimate of drug-likeness (QED) is 0.282. The molecule has 0 aliphatic heterocycles. The lowest BCUT2D eigenvalue weighted by Crippen LogP contribution is -2.27. The molecule has 28 heavy (non-hydrogen) atoms. The van der Waals surface area contributed by atoms with Gasteiger partial charge in [-0.05, 0) is 38.1 Å². The smallest absolute Gasteiger partial charge is 0.235 e. The molecule has 8 nitrogen and oxygen atoms in total. The number of nitrogens with zero attached hydrogens (tertiary/aromatic N) is 6. The first-order valence-electron chi connectivity index (χ1n) is 9.07. The fourth-order valence-electron chi connectivity index (χ4n) is 2.85. The van der Waals surface area contributed by atoms with E-state index in [9.17, 15) is 0 Å². The van der Waals surface area contributed by atoms with Gasteiger partial charge < -0.3 is 20.7 Å². The Morgan fingerprint density at radius 3 is 1.61 bits per heavy atom. The Morgan fingerprint density at radius 2 is 1.25 bits per heavy atom. The highest BCUT2D eigenvalue weighted by Gasteiger charge is 2.19. The number of rotatable bonds is 7. The minimum Gasteiger partial charge on any atom is -0.409 e. The number of anilines is 4. The van der Waals surface area contributed by atoms with Crippen LogP contribution in [0, 0.1) is 0 Å². The number of para-hydroxylation sites is 2. The highest BCUT2D eigenvalue weighted by molar-refractivity contribution is 5.94. The summed E-state index contributed by atoms with van der Waals surface area (Å²) >= 11 is 0. The Labute approximate surface area is 164 Å². The van der Waals surface area contributed by atoms with Crippen LogP contribution in [0.3, 0.4) is 0 Å². The summed E-state index contributed by atoms with van der Waals surface area (Å²) in [6.07, 6.45) is 0. The summed E-state index contributed by atoms with van der Waals surface area (Å²) in [4.78, 5) is 17.4. The van der Waals surface area contributed by atoms with Gasteiger partial charge in [0.25, 0.3) is 0 Å². The van der Waals surface area contributed by atoms with Gasteiger partial charge in [0, 0.05) is 24.5 Å². The zero-order valence-corrected chi connectivity index (χ0v) is 15.9. The zero-order valence-electron chi connectivity index (χ0n) is 15.9. The summed E-state index contributed by atoms with van der Waals surface area (Å²) in [5.41, 5.74) is 7.68. The van der Waals surface area contributed by atoms with Crippen LogP contribution in [-0.4, -0.2) is 39.1 Å². The minimum absolute atomic E-state index is 0.117. The molecule has 1 aromatic heterocycles. The van der Waals surface area contributed by atoms with E-state index in [2.05, 4.69) is 20.1 Å². The molecule has 0 spiro atoms. The molecular weight excluding hydrogens is 354 g/mol. The van der Waals surface area contributed by atoms with E-state index in [4.69, 9.17) is 10.9 Å². The van der Waals surface area contributed by atoms with Gasteiger partial charge in [-0.25, -0.2) is 0 Å². The van der Waals surface area contributed by atoms with Crippen molar-refractivity contribution in [3.8, 4) is 0 Å². The maximum atomic E-state index is 9.13. The van der Waals surface area contributed by atoms with Crippen molar-refractivity contribution in [2.45, 2.75) is 13.8 Å². The third-order valence-electron chi connectivity index (χ3n) is 4.20. The lowest BCUT2D eigenvalue weighted by Gasteiger charge is -2.25. The van der Waals surface area contributed by atoms with Gasteiger partial charge in [-0.3, -0.25) is 0 Å². The molecule has 0 bridgehead atoms. The highest BCUT2D eigenvalue weighted by Crippen LogP contribution is 2.26. The second-order valence-electron chi connectivity index (χ2n) is 5.90. The van der Waals surface area contributed by atoms with Crippen LogP contribution in [0.1, 0.15) is 19.7 Å². The summed E-state index contributed by atoms with van der Waals surface area (Å²) < 4.78 is 0. The van der Waals surface area contributed by atoms with Crippen molar-refractivity contribution in [2.75, 3.05) is 22.9 Å². The standard InChI is InChI=1S/C20H23N7O/c1-3-26(15-11-7-5-8-12-15)19-22-18(17(21)25-28)23-20(24-19)27(4-2)16-13-9-6-10-14-16/h5-14,28H,3-4H2,1-2H3,(H2,21,25). The molecule has 0 aliphatic carbocycles. The summed E-state index contributed by atoms with van der Waals surface area (Å²) in [5, 5.41) is 12.2. The fraction of sp³-hybridized carbons (Fsp3) is 0.200. The van der Waals surface area contributed by atoms with E-state index >= 15 is 0 Å². The summed E-state index contributed by atoms with van der Waals surface area (Å²) in [5.74, 6) is 0.800. The highest BCUT2D eigenvalue weighted by atomic mass is 16.4. The van der Waals surface area contributed by atoms with E-state index in [1.165, 1.54) is 0 Å². The van der Waals surface area contributed by atoms with E-state index in [1.54, 1.807) is 0 Å². The molecule has 0 atom stereocenters. The maximum absolute atomic E-state index is 9.13. The van der Waals surface area contributed by atoms with Crippen LogP contribution in [0.4, 0.5) is 23.3 Å². The molecular formula is C20H23N7O. The van der Waals surface area contributed by atoms with Crippen molar-refractivity contribution in [1.29, 1.82) is 0 Å². The van der Waals surface area contributed by atoms with E-state index in [-0.39, 0.29) is 11.7 Å². The molecule has 8 heteroatoms. The summed E-state index contributed by atoms with van der Waals surface area (Å²) in [7, 11) is 0. The average Bonchev–Trinajstić information content (AvgIpc) is 2.75. The Kier molecular flexibility index (Phi) is 6.01. The van der Waals surface area contributed by atoms with Gasteiger partial charge in [0.2, 0.25) is 23.6 Å². The minimum atomic E-state index is -0.168.